The fraction of sp³-hybridized carbons (Fsp3) is 0.500. The van der Waals surface area contributed by atoms with Crippen LogP contribution in [0.25, 0.3) is 0 Å². The second-order valence-electron chi connectivity index (χ2n) is 5.12. The van der Waals surface area contributed by atoms with E-state index < -0.39 is 5.82 Å². The van der Waals surface area contributed by atoms with Crippen LogP contribution in [0.15, 0.2) is 24.3 Å². The van der Waals surface area contributed by atoms with E-state index in [9.17, 15) is 9.18 Å². The molecule has 2 unspecified atom stereocenters. The van der Waals surface area contributed by atoms with Gasteiger partial charge in [0.2, 0.25) is 0 Å². The Morgan fingerprint density at radius 1 is 1.53 bits per heavy atom. The zero-order valence-corrected chi connectivity index (χ0v) is 11.1. The number of amides is 2. The third kappa shape index (κ3) is 3.23. The van der Waals surface area contributed by atoms with E-state index in [-0.39, 0.29) is 11.7 Å². The second kappa shape index (κ2) is 6.02. The molecule has 19 heavy (non-hydrogen) atoms. The molecule has 1 saturated heterocycles. The molecule has 0 radical (unpaired) electrons. The van der Waals surface area contributed by atoms with Crippen molar-refractivity contribution in [2.75, 3.05) is 25.0 Å². The first-order chi connectivity index (χ1) is 9.11. The number of likely N-dealkylation sites (tertiary alicyclic amines) is 1. The van der Waals surface area contributed by atoms with Crippen LogP contribution < -0.4 is 11.1 Å². The molecule has 0 saturated carbocycles. The molecule has 1 aromatic rings. The number of piperidine rings is 1. The lowest BCUT2D eigenvalue weighted by Gasteiger charge is -2.36. The maximum atomic E-state index is 13.5. The van der Waals surface area contributed by atoms with E-state index in [0.29, 0.717) is 31.5 Å². The van der Waals surface area contributed by atoms with Gasteiger partial charge in [-0.3, -0.25) is 0 Å². The number of hydrogen-bond donors (Lipinski definition) is 2. The maximum absolute atomic E-state index is 13.5. The molecule has 1 aliphatic heterocycles. The number of carbonyl (C=O) groups is 1. The number of para-hydroxylation sites is 1. The highest BCUT2D eigenvalue weighted by Crippen LogP contribution is 2.23. The number of rotatable bonds is 2. The van der Waals surface area contributed by atoms with Crippen molar-refractivity contribution in [2.24, 2.45) is 17.6 Å². The molecular weight excluding hydrogens is 245 g/mol. The number of nitrogens with zero attached hydrogens (tertiary/aromatic N) is 1. The van der Waals surface area contributed by atoms with Gasteiger partial charge >= 0.3 is 6.03 Å². The monoisotopic (exact) mass is 265 g/mol. The van der Waals surface area contributed by atoms with Gasteiger partial charge in [-0.2, -0.15) is 0 Å². The topological polar surface area (TPSA) is 58.4 Å². The Kier molecular flexibility index (Phi) is 4.37. The molecule has 2 amide bonds. The van der Waals surface area contributed by atoms with Crippen molar-refractivity contribution in [3.8, 4) is 0 Å². The number of hydrogen-bond acceptors (Lipinski definition) is 2. The number of carbonyl (C=O) groups excluding carboxylic acids is 1. The standard InChI is InChI=1S/C14H20FN3O/c1-10-6-7-18(9-11(10)8-16)14(19)17-13-5-3-2-4-12(13)15/h2-5,10-11H,6-9,16H2,1H3,(H,17,19). The summed E-state index contributed by atoms with van der Waals surface area (Å²) >= 11 is 0. The van der Waals surface area contributed by atoms with Gasteiger partial charge in [-0.1, -0.05) is 19.1 Å². The van der Waals surface area contributed by atoms with Crippen molar-refractivity contribution in [3.63, 3.8) is 0 Å². The lowest BCUT2D eigenvalue weighted by molar-refractivity contribution is 0.149. The van der Waals surface area contributed by atoms with E-state index in [1.165, 1.54) is 6.07 Å². The molecule has 1 fully saturated rings. The Morgan fingerprint density at radius 3 is 2.95 bits per heavy atom. The molecule has 1 aromatic carbocycles. The first kappa shape index (κ1) is 13.8. The number of anilines is 1. The molecule has 4 nitrogen and oxygen atoms in total. The highest BCUT2D eigenvalue weighted by atomic mass is 19.1. The largest absolute Gasteiger partial charge is 0.330 e. The van der Waals surface area contributed by atoms with Gasteiger partial charge in [0.05, 0.1) is 5.69 Å². The molecule has 0 aliphatic carbocycles. The van der Waals surface area contributed by atoms with E-state index in [1.807, 2.05) is 0 Å². The summed E-state index contributed by atoms with van der Waals surface area (Å²) in [6.45, 7) is 4.06. The van der Waals surface area contributed by atoms with E-state index in [2.05, 4.69) is 12.2 Å². The first-order valence-electron chi connectivity index (χ1n) is 6.62. The number of benzene rings is 1. The van der Waals surface area contributed by atoms with Crippen LogP contribution in [0.1, 0.15) is 13.3 Å². The SMILES string of the molecule is CC1CCN(C(=O)Nc2ccccc2F)CC1CN. The first-order valence-corrected chi connectivity index (χ1v) is 6.62. The average Bonchev–Trinajstić information content (AvgIpc) is 2.42. The fourth-order valence-electron chi connectivity index (χ4n) is 2.40. The Labute approximate surface area is 112 Å². The molecule has 3 N–H and O–H groups in total. The highest BCUT2D eigenvalue weighted by molar-refractivity contribution is 5.89. The van der Waals surface area contributed by atoms with E-state index >= 15 is 0 Å². The van der Waals surface area contributed by atoms with Crippen LogP contribution in [0.3, 0.4) is 0 Å². The smallest absolute Gasteiger partial charge is 0.321 e. The summed E-state index contributed by atoms with van der Waals surface area (Å²) in [5.74, 6) is 0.430. The summed E-state index contributed by atoms with van der Waals surface area (Å²) in [5, 5.41) is 2.61. The normalized spacial score (nSPS) is 23.2. The van der Waals surface area contributed by atoms with Crippen molar-refractivity contribution < 1.29 is 9.18 Å². The summed E-state index contributed by atoms with van der Waals surface area (Å²) < 4.78 is 13.5. The van der Waals surface area contributed by atoms with Gasteiger partial charge in [0.25, 0.3) is 0 Å². The summed E-state index contributed by atoms with van der Waals surface area (Å²) in [6.07, 6.45) is 0.937. The zero-order valence-electron chi connectivity index (χ0n) is 11.1. The molecule has 5 heteroatoms. The quantitative estimate of drug-likeness (QED) is 0.862. The minimum absolute atomic E-state index is 0.218. The molecule has 2 atom stereocenters. The van der Waals surface area contributed by atoms with E-state index in [1.54, 1.807) is 23.1 Å². The molecule has 0 aromatic heterocycles. The fourth-order valence-corrected chi connectivity index (χ4v) is 2.40. The van der Waals surface area contributed by atoms with Crippen molar-refractivity contribution in [1.82, 2.24) is 4.90 Å². The van der Waals surface area contributed by atoms with Crippen molar-refractivity contribution in [1.29, 1.82) is 0 Å². The Morgan fingerprint density at radius 2 is 2.26 bits per heavy atom. The number of nitrogens with two attached hydrogens (primary N) is 1. The van der Waals surface area contributed by atoms with Crippen LogP contribution in [0, 0.1) is 17.7 Å². The highest BCUT2D eigenvalue weighted by Gasteiger charge is 2.28. The van der Waals surface area contributed by atoms with Crippen LogP contribution in [-0.2, 0) is 0 Å². The second-order valence-corrected chi connectivity index (χ2v) is 5.12. The van der Waals surface area contributed by atoms with Crippen LogP contribution in [-0.4, -0.2) is 30.6 Å². The third-order valence-electron chi connectivity index (χ3n) is 3.82. The average molecular weight is 265 g/mol. The zero-order chi connectivity index (χ0) is 13.8. The van der Waals surface area contributed by atoms with E-state index in [4.69, 9.17) is 5.73 Å². The van der Waals surface area contributed by atoms with Gasteiger partial charge in [0.1, 0.15) is 5.82 Å². The summed E-state index contributed by atoms with van der Waals surface area (Å²) in [5.41, 5.74) is 5.93. The van der Waals surface area contributed by atoms with Gasteiger partial charge in [-0.05, 0) is 36.9 Å². The van der Waals surface area contributed by atoms with Crippen LogP contribution in [0.2, 0.25) is 0 Å². The predicted molar refractivity (Wildman–Crippen MR) is 73.3 cm³/mol. The third-order valence-corrected chi connectivity index (χ3v) is 3.82. The number of urea groups is 1. The molecule has 0 spiro atoms. The molecule has 0 bridgehead atoms. The van der Waals surface area contributed by atoms with Gasteiger partial charge < -0.3 is 16.0 Å². The Balaban J connectivity index is 1.99. The van der Waals surface area contributed by atoms with Gasteiger partial charge in [-0.15, -0.1) is 0 Å². The van der Waals surface area contributed by atoms with Gasteiger partial charge in [0.15, 0.2) is 0 Å². The van der Waals surface area contributed by atoms with Gasteiger partial charge in [0, 0.05) is 13.1 Å². The molecule has 1 aliphatic rings. The summed E-state index contributed by atoms with van der Waals surface area (Å²) in [7, 11) is 0. The minimum Gasteiger partial charge on any atom is -0.330 e. The minimum atomic E-state index is -0.420. The lowest BCUT2D eigenvalue weighted by atomic mass is 9.87. The Hall–Kier alpha value is -1.62. The molecule has 104 valence electrons. The van der Waals surface area contributed by atoms with Crippen LogP contribution in [0.5, 0.6) is 0 Å². The lowest BCUT2D eigenvalue weighted by Crippen LogP contribution is -2.47. The van der Waals surface area contributed by atoms with E-state index in [0.717, 1.165) is 6.42 Å². The van der Waals surface area contributed by atoms with Crippen molar-refractivity contribution in [2.45, 2.75) is 13.3 Å². The Bertz CT molecular complexity index is 452. The number of nitrogens with one attached hydrogen (secondary N) is 1. The van der Waals surface area contributed by atoms with Crippen molar-refractivity contribution >= 4 is 11.7 Å². The summed E-state index contributed by atoms with van der Waals surface area (Å²) in [4.78, 5) is 13.8. The van der Waals surface area contributed by atoms with Gasteiger partial charge in [-0.25, -0.2) is 9.18 Å². The van der Waals surface area contributed by atoms with Crippen LogP contribution in [0.4, 0.5) is 14.9 Å². The number of halogens is 1. The van der Waals surface area contributed by atoms with Crippen LogP contribution >= 0.6 is 0 Å². The molecule has 2 rings (SSSR count). The van der Waals surface area contributed by atoms with Crippen molar-refractivity contribution in [3.05, 3.63) is 30.1 Å². The molecule has 1 heterocycles. The molecular formula is C14H20FN3O. The maximum Gasteiger partial charge on any atom is 0.321 e. The summed E-state index contributed by atoms with van der Waals surface area (Å²) in [6, 6.07) is 5.92. The predicted octanol–water partition coefficient (Wildman–Crippen LogP) is 2.27.